The Bertz CT molecular complexity index is 611. The third-order valence-electron chi connectivity index (χ3n) is 2.73. The van der Waals surface area contributed by atoms with Gasteiger partial charge in [0, 0.05) is 10.2 Å². The number of benzene rings is 2. The molecular weight excluding hydrogens is 322 g/mol. The lowest BCUT2D eigenvalue weighted by Gasteiger charge is -2.09. The van der Waals surface area contributed by atoms with Crippen LogP contribution in [0.4, 0.5) is 5.69 Å². The van der Waals surface area contributed by atoms with E-state index in [4.69, 9.17) is 15.2 Å². The molecule has 104 valence electrons. The van der Waals surface area contributed by atoms with Gasteiger partial charge in [-0.3, -0.25) is 0 Å². The van der Waals surface area contributed by atoms with Crippen molar-refractivity contribution in [3.63, 3.8) is 0 Å². The molecule has 0 amide bonds. The first kappa shape index (κ1) is 14.4. The van der Waals surface area contributed by atoms with Crippen LogP contribution in [0.25, 0.3) is 0 Å². The molecule has 0 bridgehead atoms. The van der Waals surface area contributed by atoms with Crippen molar-refractivity contribution in [2.24, 2.45) is 0 Å². The minimum absolute atomic E-state index is 0.198. The van der Waals surface area contributed by atoms with Crippen LogP contribution in [-0.4, -0.2) is 13.1 Å². The molecule has 0 unspecified atom stereocenters. The van der Waals surface area contributed by atoms with E-state index >= 15 is 0 Å². The summed E-state index contributed by atoms with van der Waals surface area (Å²) in [7, 11) is 1.50. The molecule has 2 aromatic rings. The van der Waals surface area contributed by atoms with Gasteiger partial charge in [0.15, 0.2) is 0 Å². The first-order valence-corrected chi connectivity index (χ1v) is 6.74. The van der Waals surface area contributed by atoms with Gasteiger partial charge < -0.3 is 15.2 Å². The molecule has 0 saturated heterocycles. The first-order chi connectivity index (χ1) is 9.60. The summed E-state index contributed by atoms with van der Waals surface area (Å²) in [6.45, 7) is 0.198. The predicted octanol–water partition coefficient (Wildman–Crippen LogP) is 3.40. The van der Waals surface area contributed by atoms with Gasteiger partial charge in [-0.15, -0.1) is 0 Å². The summed E-state index contributed by atoms with van der Waals surface area (Å²) in [6.07, 6.45) is 0. The van der Waals surface area contributed by atoms with Crippen molar-refractivity contribution in [3.8, 4) is 5.75 Å². The summed E-state index contributed by atoms with van der Waals surface area (Å²) in [5, 5.41) is 0. The fourth-order valence-electron chi connectivity index (χ4n) is 1.69. The molecule has 0 aromatic heterocycles. The number of anilines is 1. The fraction of sp³-hybridized carbons (Fsp3) is 0.133. The lowest BCUT2D eigenvalue weighted by molar-refractivity contribution is 0.0469. The molecule has 0 saturated carbocycles. The summed E-state index contributed by atoms with van der Waals surface area (Å²) in [4.78, 5) is 12.0. The van der Waals surface area contributed by atoms with E-state index in [0.29, 0.717) is 17.0 Å². The molecule has 4 nitrogen and oxygen atoms in total. The van der Waals surface area contributed by atoms with Gasteiger partial charge in [0.25, 0.3) is 0 Å². The predicted molar refractivity (Wildman–Crippen MR) is 80.7 cm³/mol. The molecule has 2 aromatic carbocycles. The minimum Gasteiger partial charge on any atom is -0.496 e. The number of hydrogen-bond acceptors (Lipinski definition) is 4. The number of carbonyl (C=O) groups is 1. The van der Waals surface area contributed by atoms with Gasteiger partial charge in [-0.1, -0.05) is 28.1 Å². The minimum atomic E-state index is -0.461. The van der Waals surface area contributed by atoms with Crippen molar-refractivity contribution in [1.82, 2.24) is 0 Å². The van der Waals surface area contributed by atoms with Crippen molar-refractivity contribution < 1.29 is 14.3 Å². The Labute approximate surface area is 125 Å². The summed E-state index contributed by atoms with van der Waals surface area (Å²) in [5.74, 6) is -0.0166. The number of halogens is 1. The van der Waals surface area contributed by atoms with Crippen molar-refractivity contribution in [2.45, 2.75) is 6.61 Å². The largest absolute Gasteiger partial charge is 0.496 e. The highest BCUT2D eigenvalue weighted by molar-refractivity contribution is 9.10. The number of nitrogen functional groups attached to an aromatic ring is 1. The number of carbonyl (C=O) groups excluding carboxylic acids is 1. The standard InChI is InChI=1S/C15H14BrNO3/c1-19-14-7-6-12(17)8-13(14)15(18)20-9-10-2-4-11(16)5-3-10/h2-8H,9,17H2,1H3. The lowest BCUT2D eigenvalue weighted by Crippen LogP contribution is -2.08. The van der Waals surface area contributed by atoms with Crippen LogP contribution in [0.1, 0.15) is 15.9 Å². The average molecular weight is 336 g/mol. The summed E-state index contributed by atoms with van der Waals surface area (Å²) >= 11 is 3.35. The average Bonchev–Trinajstić information content (AvgIpc) is 2.46. The highest BCUT2D eigenvalue weighted by Gasteiger charge is 2.14. The van der Waals surface area contributed by atoms with Gasteiger partial charge in [-0.2, -0.15) is 0 Å². The van der Waals surface area contributed by atoms with Crippen LogP contribution in [0.2, 0.25) is 0 Å². The van der Waals surface area contributed by atoms with Crippen LogP contribution < -0.4 is 10.5 Å². The van der Waals surface area contributed by atoms with Crippen molar-refractivity contribution in [1.29, 1.82) is 0 Å². The Morgan fingerprint density at radius 1 is 1.20 bits per heavy atom. The Morgan fingerprint density at radius 2 is 1.90 bits per heavy atom. The van der Waals surface area contributed by atoms with E-state index < -0.39 is 5.97 Å². The maximum atomic E-state index is 12.0. The number of ether oxygens (including phenoxy) is 2. The first-order valence-electron chi connectivity index (χ1n) is 5.95. The van der Waals surface area contributed by atoms with Crippen LogP contribution in [-0.2, 0) is 11.3 Å². The van der Waals surface area contributed by atoms with Crippen LogP contribution >= 0.6 is 15.9 Å². The zero-order valence-corrected chi connectivity index (χ0v) is 12.5. The Balaban J connectivity index is 2.08. The van der Waals surface area contributed by atoms with Gasteiger partial charge in [0.05, 0.1) is 7.11 Å². The topological polar surface area (TPSA) is 61.5 Å². The highest BCUT2D eigenvalue weighted by atomic mass is 79.9. The number of methoxy groups -OCH3 is 1. The van der Waals surface area contributed by atoms with Crippen LogP contribution in [0.15, 0.2) is 46.9 Å². The zero-order chi connectivity index (χ0) is 14.5. The normalized spacial score (nSPS) is 10.1. The van der Waals surface area contributed by atoms with Gasteiger partial charge >= 0.3 is 5.97 Å². The van der Waals surface area contributed by atoms with Gasteiger partial charge in [-0.25, -0.2) is 4.79 Å². The van der Waals surface area contributed by atoms with E-state index in [1.54, 1.807) is 18.2 Å². The van der Waals surface area contributed by atoms with E-state index in [1.807, 2.05) is 24.3 Å². The number of nitrogens with two attached hydrogens (primary N) is 1. The monoisotopic (exact) mass is 335 g/mol. The van der Waals surface area contributed by atoms with Crippen LogP contribution in [0, 0.1) is 0 Å². The van der Waals surface area contributed by atoms with Gasteiger partial charge in [-0.05, 0) is 35.9 Å². The molecule has 0 heterocycles. The summed E-state index contributed by atoms with van der Waals surface area (Å²) in [6, 6.07) is 12.4. The molecule has 5 heteroatoms. The maximum absolute atomic E-state index is 12.0. The molecule has 2 N–H and O–H groups in total. The highest BCUT2D eigenvalue weighted by Crippen LogP contribution is 2.22. The SMILES string of the molecule is COc1ccc(N)cc1C(=O)OCc1ccc(Br)cc1. The quantitative estimate of drug-likeness (QED) is 0.687. The third kappa shape index (κ3) is 3.51. The molecule has 0 radical (unpaired) electrons. The fourth-order valence-corrected chi connectivity index (χ4v) is 1.96. The second kappa shape index (κ2) is 6.43. The van der Waals surface area contributed by atoms with Gasteiger partial charge in [0.2, 0.25) is 0 Å². The second-order valence-corrected chi connectivity index (χ2v) is 5.08. The molecule has 0 aliphatic rings. The summed E-state index contributed by atoms with van der Waals surface area (Å²) in [5.41, 5.74) is 7.39. The van der Waals surface area contributed by atoms with Crippen molar-refractivity contribution in [3.05, 3.63) is 58.1 Å². The van der Waals surface area contributed by atoms with Crippen LogP contribution in [0.3, 0.4) is 0 Å². The van der Waals surface area contributed by atoms with E-state index in [1.165, 1.54) is 7.11 Å². The number of hydrogen-bond donors (Lipinski definition) is 1. The van der Waals surface area contributed by atoms with Crippen molar-refractivity contribution in [2.75, 3.05) is 12.8 Å². The van der Waals surface area contributed by atoms with E-state index in [9.17, 15) is 4.79 Å². The third-order valence-corrected chi connectivity index (χ3v) is 3.26. The number of rotatable bonds is 4. The molecule has 0 fully saturated rings. The molecule has 20 heavy (non-hydrogen) atoms. The van der Waals surface area contributed by atoms with E-state index in [-0.39, 0.29) is 6.61 Å². The zero-order valence-electron chi connectivity index (χ0n) is 10.9. The second-order valence-electron chi connectivity index (χ2n) is 4.16. The van der Waals surface area contributed by atoms with E-state index in [0.717, 1.165) is 10.0 Å². The van der Waals surface area contributed by atoms with Gasteiger partial charge in [0.1, 0.15) is 17.9 Å². The Kier molecular flexibility index (Phi) is 4.63. The summed E-state index contributed by atoms with van der Waals surface area (Å²) < 4.78 is 11.4. The molecule has 2 rings (SSSR count). The number of esters is 1. The maximum Gasteiger partial charge on any atom is 0.342 e. The molecule has 0 aliphatic carbocycles. The van der Waals surface area contributed by atoms with Crippen LogP contribution in [0.5, 0.6) is 5.75 Å². The molecular formula is C15H14BrNO3. The van der Waals surface area contributed by atoms with Crippen molar-refractivity contribution >= 4 is 27.6 Å². The molecule has 0 aliphatic heterocycles. The smallest absolute Gasteiger partial charge is 0.342 e. The Morgan fingerprint density at radius 3 is 2.55 bits per heavy atom. The Hall–Kier alpha value is -2.01. The van der Waals surface area contributed by atoms with E-state index in [2.05, 4.69) is 15.9 Å². The lowest BCUT2D eigenvalue weighted by atomic mass is 10.2. The molecule has 0 spiro atoms. The molecule has 0 atom stereocenters.